The summed E-state index contributed by atoms with van der Waals surface area (Å²) >= 11 is 0. The third-order valence-electron chi connectivity index (χ3n) is 5.13. The highest BCUT2D eigenvalue weighted by atomic mass is 35.5. The second kappa shape index (κ2) is 5.84. The molecule has 2 aliphatic rings. The molecule has 23 heavy (non-hydrogen) atoms. The summed E-state index contributed by atoms with van der Waals surface area (Å²) in [6.07, 6.45) is 1.06. The van der Waals surface area contributed by atoms with Crippen molar-refractivity contribution in [2.75, 3.05) is 13.1 Å². The van der Waals surface area contributed by atoms with E-state index in [4.69, 9.17) is 0 Å². The first-order valence-corrected chi connectivity index (χ1v) is 7.76. The van der Waals surface area contributed by atoms with Gasteiger partial charge in [-0.2, -0.15) is 0 Å². The second-order valence-electron chi connectivity index (χ2n) is 6.28. The minimum atomic E-state index is -2.63. The Kier molecular flexibility index (Phi) is 4.15. The molecule has 1 N–H and O–H groups in total. The van der Waals surface area contributed by atoms with Crippen molar-refractivity contribution in [3.8, 4) is 11.3 Å². The van der Waals surface area contributed by atoms with E-state index in [1.807, 2.05) is 42.5 Å². The molecule has 2 aromatic rings. The average molecular weight is 337 g/mol. The highest BCUT2D eigenvalue weighted by Gasteiger charge is 2.80. The smallest absolute Gasteiger partial charge is 0.263 e. The lowest BCUT2D eigenvalue weighted by atomic mass is 9.90. The molecule has 2 nitrogen and oxygen atoms in total. The van der Waals surface area contributed by atoms with E-state index in [0.717, 1.165) is 11.3 Å². The maximum atomic E-state index is 14.5. The third kappa shape index (κ3) is 2.45. The quantitative estimate of drug-likeness (QED) is 0.885. The Balaban J connectivity index is 0.00000156. The third-order valence-corrected chi connectivity index (χ3v) is 5.13. The molecule has 0 radical (unpaired) electrons. The van der Waals surface area contributed by atoms with Crippen LogP contribution in [0.25, 0.3) is 11.3 Å². The fourth-order valence-corrected chi connectivity index (χ4v) is 3.85. The van der Waals surface area contributed by atoms with E-state index < -0.39 is 17.3 Å². The summed E-state index contributed by atoms with van der Waals surface area (Å²) in [6, 6.07) is 15.2. The van der Waals surface area contributed by atoms with Gasteiger partial charge in [0.2, 0.25) is 0 Å². The lowest BCUT2D eigenvalue weighted by Crippen LogP contribution is -2.32. The summed E-state index contributed by atoms with van der Waals surface area (Å²) in [5.41, 5.74) is 1.39. The van der Waals surface area contributed by atoms with Crippen molar-refractivity contribution in [1.29, 1.82) is 0 Å². The molecule has 1 saturated heterocycles. The van der Waals surface area contributed by atoms with E-state index in [2.05, 4.69) is 10.3 Å². The molecule has 1 atom stereocenters. The fraction of sp³-hybridized carbons (Fsp3) is 0.389. The van der Waals surface area contributed by atoms with Crippen molar-refractivity contribution >= 4 is 12.4 Å². The van der Waals surface area contributed by atoms with Gasteiger partial charge in [-0.1, -0.05) is 36.4 Å². The van der Waals surface area contributed by atoms with Crippen molar-refractivity contribution < 1.29 is 8.78 Å². The molecule has 1 aliphatic heterocycles. The Bertz CT molecular complexity index is 684. The highest BCUT2D eigenvalue weighted by Crippen LogP contribution is 2.74. The van der Waals surface area contributed by atoms with Gasteiger partial charge in [-0.3, -0.25) is 4.98 Å². The molecular weight excluding hydrogens is 318 g/mol. The first-order chi connectivity index (χ1) is 10.7. The van der Waals surface area contributed by atoms with Crippen LogP contribution in [0.1, 0.15) is 24.5 Å². The van der Waals surface area contributed by atoms with Crippen LogP contribution in [0.3, 0.4) is 0 Å². The van der Waals surface area contributed by atoms with Gasteiger partial charge in [-0.05, 0) is 38.1 Å². The van der Waals surface area contributed by atoms with Gasteiger partial charge in [-0.15, -0.1) is 12.4 Å². The molecule has 0 bridgehead atoms. The SMILES string of the molecule is Cl.FC1(F)C(c2cccc(-c3ccccc3)n2)C12CCNCC2. The second-order valence-corrected chi connectivity index (χ2v) is 6.28. The van der Waals surface area contributed by atoms with Gasteiger partial charge in [0, 0.05) is 5.56 Å². The lowest BCUT2D eigenvalue weighted by molar-refractivity contribution is 0.0492. The zero-order valence-corrected chi connectivity index (χ0v) is 13.5. The summed E-state index contributed by atoms with van der Waals surface area (Å²) in [7, 11) is 0. The fourth-order valence-electron chi connectivity index (χ4n) is 3.85. The Labute approximate surface area is 140 Å². The number of alkyl halides is 2. The van der Waals surface area contributed by atoms with E-state index >= 15 is 0 Å². The molecule has 2 fully saturated rings. The van der Waals surface area contributed by atoms with Crippen LogP contribution in [0.15, 0.2) is 48.5 Å². The molecule has 1 aliphatic carbocycles. The Morgan fingerprint density at radius 1 is 0.957 bits per heavy atom. The highest BCUT2D eigenvalue weighted by molar-refractivity contribution is 5.85. The summed E-state index contributed by atoms with van der Waals surface area (Å²) in [5.74, 6) is -3.36. The molecule has 1 aromatic heterocycles. The first kappa shape index (κ1) is 16.3. The number of hydrogen-bond donors (Lipinski definition) is 1. The molecule has 5 heteroatoms. The van der Waals surface area contributed by atoms with E-state index in [1.165, 1.54) is 0 Å². The summed E-state index contributed by atoms with van der Waals surface area (Å²) in [6.45, 7) is 1.34. The topological polar surface area (TPSA) is 24.9 Å². The summed E-state index contributed by atoms with van der Waals surface area (Å²) in [4.78, 5) is 4.55. The van der Waals surface area contributed by atoms with E-state index in [1.54, 1.807) is 6.07 Å². The number of hydrogen-bond acceptors (Lipinski definition) is 2. The van der Waals surface area contributed by atoms with Gasteiger partial charge in [0.15, 0.2) is 0 Å². The maximum absolute atomic E-state index is 14.5. The van der Waals surface area contributed by atoms with Crippen LogP contribution in [-0.4, -0.2) is 24.0 Å². The Morgan fingerprint density at radius 2 is 1.65 bits per heavy atom. The standard InChI is InChI=1S/C18H18F2N2.ClH/c19-18(20)16(17(18)9-11-21-12-10-17)15-8-4-7-14(22-15)13-5-2-1-3-6-13;/h1-8,16,21H,9-12H2;1H. The van der Waals surface area contributed by atoms with E-state index in [-0.39, 0.29) is 12.4 Å². The molecule has 1 aromatic carbocycles. The normalized spacial score (nSPS) is 24.0. The zero-order chi connectivity index (χ0) is 15.2. The van der Waals surface area contributed by atoms with Gasteiger partial charge in [0.25, 0.3) is 5.92 Å². The Hall–Kier alpha value is -1.52. The summed E-state index contributed by atoms with van der Waals surface area (Å²) < 4.78 is 29.0. The minimum absolute atomic E-state index is 0. The largest absolute Gasteiger partial charge is 0.317 e. The van der Waals surface area contributed by atoms with Crippen LogP contribution in [-0.2, 0) is 0 Å². The number of nitrogens with zero attached hydrogens (tertiary/aromatic N) is 1. The molecular formula is C18H19ClF2N2. The molecule has 4 rings (SSSR count). The number of piperidine rings is 1. The zero-order valence-electron chi connectivity index (χ0n) is 12.6. The maximum Gasteiger partial charge on any atom is 0.263 e. The van der Waals surface area contributed by atoms with E-state index in [0.29, 0.717) is 31.6 Å². The molecule has 122 valence electrons. The lowest BCUT2D eigenvalue weighted by Gasteiger charge is -2.22. The van der Waals surface area contributed by atoms with E-state index in [9.17, 15) is 8.78 Å². The molecule has 1 spiro atoms. The van der Waals surface area contributed by atoms with Crippen molar-refractivity contribution in [2.24, 2.45) is 5.41 Å². The monoisotopic (exact) mass is 336 g/mol. The first-order valence-electron chi connectivity index (χ1n) is 7.76. The van der Waals surface area contributed by atoms with Crippen molar-refractivity contribution in [3.05, 3.63) is 54.2 Å². The van der Waals surface area contributed by atoms with Gasteiger partial charge in [0.1, 0.15) is 0 Å². The van der Waals surface area contributed by atoms with Gasteiger partial charge in [-0.25, -0.2) is 8.78 Å². The van der Waals surface area contributed by atoms with Crippen LogP contribution in [0.5, 0.6) is 0 Å². The number of halogens is 3. The minimum Gasteiger partial charge on any atom is -0.317 e. The number of rotatable bonds is 2. The van der Waals surface area contributed by atoms with Crippen LogP contribution >= 0.6 is 12.4 Å². The predicted molar refractivity (Wildman–Crippen MR) is 89.1 cm³/mol. The molecule has 0 amide bonds. The van der Waals surface area contributed by atoms with Crippen molar-refractivity contribution in [3.63, 3.8) is 0 Å². The van der Waals surface area contributed by atoms with Crippen molar-refractivity contribution in [1.82, 2.24) is 10.3 Å². The molecule has 2 heterocycles. The van der Waals surface area contributed by atoms with Crippen LogP contribution in [0.4, 0.5) is 8.78 Å². The number of nitrogens with one attached hydrogen (secondary N) is 1. The number of aromatic nitrogens is 1. The van der Waals surface area contributed by atoms with Gasteiger partial charge in [0.05, 0.1) is 22.7 Å². The predicted octanol–water partition coefficient (Wildman–Crippen LogP) is 4.27. The molecule has 1 saturated carbocycles. The molecule has 1 unspecified atom stereocenters. The number of benzene rings is 1. The average Bonchev–Trinajstić information content (AvgIpc) is 3.02. The Morgan fingerprint density at radius 3 is 2.35 bits per heavy atom. The number of pyridine rings is 1. The summed E-state index contributed by atoms with van der Waals surface area (Å²) in [5, 5.41) is 3.17. The van der Waals surface area contributed by atoms with Gasteiger partial charge >= 0.3 is 0 Å². The van der Waals surface area contributed by atoms with Crippen LogP contribution in [0.2, 0.25) is 0 Å². The van der Waals surface area contributed by atoms with Crippen LogP contribution < -0.4 is 5.32 Å². The van der Waals surface area contributed by atoms with Gasteiger partial charge < -0.3 is 5.32 Å². The van der Waals surface area contributed by atoms with Crippen molar-refractivity contribution in [2.45, 2.75) is 24.7 Å². The van der Waals surface area contributed by atoms with Crippen LogP contribution in [0, 0.1) is 5.41 Å².